The molecule has 33 heavy (non-hydrogen) atoms. The molecule has 3 nitrogen and oxygen atoms in total. The van der Waals surface area contributed by atoms with E-state index in [-0.39, 0.29) is 5.78 Å². The van der Waals surface area contributed by atoms with Gasteiger partial charge in [0, 0.05) is 11.0 Å². The van der Waals surface area contributed by atoms with Gasteiger partial charge in [0.15, 0.2) is 5.78 Å². The van der Waals surface area contributed by atoms with Crippen molar-refractivity contribution in [2.75, 3.05) is 0 Å². The molecule has 3 heteroatoms. The Kier molecular flexibility index (Phi) is 7.51. The Morgan fingerprint density at radius 3 is 1.85 bits per heavy atom. The summed E-state index contributed by atoms with van der Waals surface area (Å²) in [5.74, 6) is 0.0439. The second kappa shape index (κ2) is 9.83. The van der Waals surface area contributed by atoms with Crippen molar-refractivity contribution in [3.63, 3.8) is 0 Å². The first-order valence-corrected chi connectivity index (χ1v) is 12.3. The predicted molar refractivity (Wildman–Crippen MR) is 135 cm³/mol. The smallest absolute Gasteiger partial charge is 0.311 e. The average molecular weight is 449 g/mol. The minimum absolute atomic E-state index is 0.0935. The standard InChI is InChI=1S/C30H40O3/c1-29(2,3)25-17-15-22(16-18-25)21-11-13-23(14-12-21)26(28(32)33)19-20-7-9-24(10-8-20)27(31)30(4,5)6/h7-14,22,25-26H,15-19H2,1-6H3,(H,32,33)/t22?,25?,26-/m1/s1. The van der Waals surface area contributed by atoms with Crippen molar-refractivity contribution in [1.29, 1.82) is 0 Å². The van der Waals surface area contributed by atoms with Crippen molar-refractivity contribution < 1.29 is 14.7 Å². The molecule has 0 bridgehead atoms. The first kappa shape index (κ1) is 25.2. The minimum atomic E-state index is -0.816. The number of aliphatic carboxylic acids is 1. The summed E-state index contributed by atoms with van der Waals surface area (Å²) in [5, 5.41) is 9.91. The summed E-state index contributed by atoms with van der Waals surface area (Å²) in [6, 6.07) is 15.7. The van der Waals surface area contributed by atoms with Crippen LogP contribution in [-0.2, 0) is 11.2 Å². The average Bonchev–Trinajstić information content (AvgIpc) is 2.76. The molecule has 2 aromatic carbocycles. The fourth-order valence-electron chi connectivity index (χ4n) is 5.10. The van der Waals surface area contributed by atoms with E-state index in [1.54, 1.807) is 0 Å². The SMILES string of the molecule is CC(C)(C)C(=O)c1ccc(C[C@@H](C(=O)O)c2ccc(C3CCC(C(C)(C)C)CC3)cc2)cc1. The molecule has 0 spiro atoms. The molecule has 178 valence electrons. The molecule has 2 aromatic rings. The molecule has 1 N–H and O–H groups in total. The molecule has 0 saturated heterocycles. The highest BCUT2D eigenvalue weighted by atomic mass is 16.4. The highest BCUT2D eigenvalue weighted by molar-refractivity contribution is 5.99. The summed E-state index contributed by atoms with van der Waals surface area (Å²) in [5.41, 5.74) is 3.71. The quantitative estimate of drug-likeness (QED) is 0.462. The second-order valence-electron chi connectivity index (χ2n) is 12.0. The Bertz CT molecular complexity index is 948. The van der Waals surface area contributed by atoms with E-state index in [1.165, 1.54) is 31.2 Å². The summed E-state index contributed by atoms with van der Waals surface area (Å²) in [6.45, 7) is 12.7. The molecule has 0 aromatic heterocycles. The maximum atomic E-state index is 12.5. The number of hydrogen-bond acceptors (Lipinski definition) is 2. The zero-order chi connectivity index (χ0) is 24.4. The highest BCUT2D eigenvalue weighted by Gasteiger charge is 2.30. The molecule has 1 fully saturated rings. The third-order valence-electron chi connectivity index (χ3n) is 7.40. The summed E-state index contributed by atoms with van der Waals surface area (Å²) in [6.07, 6.45) is 5.37. The number of ketones is 1. The second-order valence-corrected chi connectivity index (χ2v) is 12.0. The normalized spacial score (nSPS) is 20.3. The zero-order valence-corrected chi connectivity index (χ0v) is 21.2. The Morgan fingerprint density at radius 2 is 1.39 bits per heavy atom. The largest absolute Gasteiger partial charge is 0.481 e. The first-order valence-electron chi connectivity index (χ1n) is 12.3. The summed E-state index contributed by atoms with van der Waals surface area (Å²) in [4.78, 5) is 24.5. The molecule has 0 amide bonds. The van der Waals surface area contributed by atoms with Gasteiger partial charge >= 0.3 is 5.97 Å². The van der Waals surface area contributed by atoms with Gasteiger partial charge in [-0.1, -0.05) is 90.1 Å². The molecule has 1 atom stereocenters. The van der Waals surface area contributed by atoms with Gasteiger partial charge in [-0.15, -0.1) is 0 Å². The van der Waals surface area contributed by atoms with Crippen molar-refractivity contribution in [1.82, 2.24) is 0 Å². The number of carboxylic acid groups (broad SMARTS) is 1. The van der Waals surface area contributed by atoms with Crippen LogP contribution in [-0.4, -0.2) is 16.9 Å². The number of hydrogen-bond donors (Lipinski definition) is 1. The molecule has 1 aliphatic rings. The van der Waals surface area contributed by atoms with Gasteiger partial charge in [0.05, 0.1) is 5.92 Å². The van der Waals surface area contributed by atoms with Crippen LogP contribution in [0.4, 0.5) is 0 Å². The zero-order valence-electron chi connectivity index (χ0n) is 21.2. The lowest BCUT2D eigenvalue weighted by Crippen LogP contribution is -2.25. The van der Waals surface area contributed by atoms with Crippen LogP contribution in [0.1, 0.15) is 106 Å². The number of rotatable bonds is 6. The molecular weight excluding hydrogens is 408 g/mol. The molecular formula is C30H40O3. The number of Topliss-reactive ketones (excluding diaryl/α,β-unsaturated/α-hetero) is 1. The Morgan fingerprint density at radius 1 is 0.848 bits per heavy atom. The van der Waals surface area contributed by atoms with E-state index in [0.29, 0.717) is 23.3 Å². The van der Waals surface area contributed by atoms with E-state index in [9.17, 15) is 14.7 Å². The molecule has 1 aliphatic carbocycles. The van der Waals surface area contributed by atoms with Crippen LogP contribution in [0.25, 0.3) is 0 Å². The molecule has 0 heterocycles. The van der Waals surface area contributed by atoms with Gasteiger partial charge in [-0.25, -0.2) is 0 Å². The lowest BCUT2D eigenvalue weighted by atomic mass is 9.68. The lowest BCUT2D eigenvalue weighted by Gasteiger charge is -2.37. The summed E-state index contributed by atoms with van der Waals surface area (Å²) >= 11 is 0. The number of carbonyl (C=O) groups excluding carboxylic acids is 1. The third kappa shape index (κ3) is 6.34. The van der Waals surface area contributed by atoms with E-state index in [1.807, 2.05) is 57.2 Å². The van der Waals surface area contributed by atoms with E-state index in [0.717, 1.165) is 17.0 Å². The van der Waals surface area contributed by atoms with Crippen LogP contribution in [0.15, 0.2) is 48.5 Å². The van der Waals surface area contributed by atoms with Crippen molar-refractivity contribution >= 4 is 11.8 Å². The van der Waals surface area contributed by atoms with Crippen LogP contribution >= 0.6 is 0 Å². The Hall–Kier alpha value is -2.42. The fraction of sp³-hybridized carbons (Fsp3) is 0.533. The molecule has 1 saturated carbocycles. The van der Waals surface area contributed by atoms with E-state index >= 15 is 0 Å². The maximum absolute atomic E-state index is 12.5. The first-order chi connectivity index (χ1) is 15.4. The number of carboxylic acids is 1. The van der Waals surface area contributed by atoms with Crippen LogP contribution in [0, 0.1) is 16.7 Å². The fourth-order valence-corrected chi connectivity index (χ4v) is 5.10. The van der Waals surface area contributed by atoms with E-state index < -0.39 is 17.3 Å². The monoisotopic (exact) mass is 448 g/mol. The third-order valence-corrected chi connectivity index (χ3v) is 7.40. The van der Waals surface area contributed by atoms with Crippen molar-refractivity contribution in [3.05, 3.63) is 70.8 Å². The molecule has 3 rings (SSSR count). The molecule has 0 unspecified atom stereocenters. The van der Waals surface area contributed by atoms with Crippen molar-refractivity contribution in [3.8, 4) is 0 Å². The van der Waals surface area contributed by atoms with Crippen LogP contribution < -0.4 is 0 Å². The van der Waals surface area contributed by atoms with Crippen molar-refractivity contribution in [2.45, 2.75) is 85.5 Å². The molecule has 0 radical (unpaired) electrons. The molecule has 0 aliphatic heterocycles. The Labute approximate surface area is 199 Å². The van der Waals surface area contributed by atoms with Crippen molar-refractivity contribution in [2.24, 2.45) is 16.7 Å². The lowest BCUT2D eigenvalue weighted by molar-refractivity contribution is -0.138. The van der Waals surface area contributed by atoms with Gasteiger partial charge in [0.1, 0.15) is 0 Å². The number of carbonyl (C=O) groups is 2. The van der Waals surface area contributed by atoms with E-state index in [4.69, 9.17) is 0 Å². The topological polar surface area (TPSA) is 54.4 Å². The summed E-state index contributed by atoms with van der Waals surface area (Å²) < 4.78 is 0. The van der Waals surface area contributed by atoms with Gasteiger partial charge in [0.2, 0.25) is 0 Å². The van der Waals surface area contributed by atoms with Gasteiger partial charge < -0.3 is 5.11 Å². The summed E-state index contributed by atoms with van der Waals surface area (Å²) in [7, 11) is 0. The predicted octanol–water partition coefficient (Wildman–Crippen LogP) is 7.65. The maximum Gasteiger partial charge on any atom is 0.311 e. The van der Waals surface area contributed by atoms with Crippen LogP contribution in [0.2, 0.25) is 0 Å². The van der Waals surface area contributed by atoms with Crippen LogP contribution in [0.5, 0.6) is 0 Å². The highest BCUT2D eigenvalue weighted by Crippen LogP contribution is 2.43. The van der Waals surface area contributed by atoms with Crippen LogP contribution in [0.3, 0.4) is 0 Å². The Balaban J connectivity index is 1.68. The van der Waals surface area contributed by atoms with Gasteiger partial charge in [0.25, 0.3) is 0 Å². The van der Waals surface area contributed by atoms with E-state index in [2.05, 4.69) is 32.9 Å². The van der Waals surface area contributed by atoms with Gasteiger partial charge in [-0.05, 0) is 66.0 Å². The minimum Gasteiger partial charge on any atom is -0.481 e. The van der Waals surface area contributed by atoms with Gasteiger partial charge in [-0.3, -0.25) is 9.59 Å². The van der Waals surface area contributed by atoms with Gasteiger partial charge in [-0.2, -0.15) is 0 Å². The number of benzene rings is 2.